The number of anilines is 1. The summed E-state index contributed by atoms with van der Waals surface area (Å²) in [7, 11) is 0. The lowest BCUT2D eigenvalue weighted by atomic mass is 9.74. The Morgan fingerprint density at radius 3 is 2.75 bits per heavy atom. The monoisotopic (exact) mass is 275 g/mol. The van der Waals surface area contributed by atoms with Gasteiger partial charge in [0, 0.05) is 18.7 Å². The third kappa shape index (κ3) is 2.98. The Bertz CT molecular complexity index is 534. The molecule has 1 saturated heterocycles. The van der Waals surface area contributed by atoms with Gasteiger partial charge in [0.2, 0.25) is 11.8 Å². The Morgan fingerprint density at radius 1 is 1.45 bits per heavy atom. The molecule has 2 rings (SSSR count). The van der Waals surface area contributed by atoms with Crippen molar-refractivity contribution in [3.8, 4) is 0 Å². The second-order valence-electron chi connectivity index (χ2n) is 6.40. The molecule has 0 spiro atoms. The molecule has 1 aromatic rings. The molecule has 0 bridgehead atoms. The van der Waals surface area contributed by atoms with Crippen molar-refractivity contribution < 1.29 is 9.59 Å². The fourth-order valence-electron chi connectivity index (χ4n) is 2.54. The quantitative estimate of drug-likeness (QED) is 0.808. The maximum absolute atomic E-state index is 12.4. The number of rotatable bonds is 2. The van der Waals surface area contributed by atoms with Crippen LogP contribution in [0.15, 0.2) is 18.3 Å². The summed E-state index contributed by atoms with van der Waals surface area (Å²) in [5, 5.41) is 5.53. The zero-order valence-electron chi connectivity index (χ0n) is 12.4. The summed E-state index contributed by atoms with van der Waals surface area (Å²) in [5.74, 6) is -0.660. The van der Waals surface area contributed by atoms with Gasteiger partial charge in [-0.05, 0) is 30.0 Å². The largest absolute Gasteiger partial charge is 0.355 e. The van der Waals surface area contributed by atoms with E-state index in [1.165, 1.54) is 0 Å². The van der Waals surface area contributed by atoms with Gasteiger partial charge in [0.1, 0.15) is 11.7 Å². The summed E-state index contributed by atoms with van der Waals surface area (Å²) in [5.41, 5.74) is 0.903. The number of pyridine rings is 1. The first kappa shape index (κ1) is 14.5. The zero-order valence-corrected chi connectivity index (χ0v) is 12.4. The van der Waals surface area contributed by atoms with Crippen LogP contribution in [-0.4, -0.2) is 23.3 Å². The second-order valence-corrected chi connectivity index (χ2v) is 6.40. The van der Waals surface area contributed by atoms with E-state index in [0.29, 0.717) is 12.4 Å². The third-order valence-electron chi connectivity index (χ3n) is 3.74. The molecule has 0 aromatic carbocycles. The number of nitrogens with one attached hydrogen (secondary N) is 2. The van der Waals surface area contributed by atoms with Crippen LogP contribution in [0.4, 0.5) is 5.82 Å². The third-order valence-corrected chi connectivity index (χ3v) is 3.74. The zero-order chi connectivity index (χ0) is 14.9. The van der Waals surface area contributed by atoms with Gasteiger partial charge in [0.15, 0.2) is 0 Å². The lowest BCUT2D eigenvalue weighted by Crippen LogP contribution is -2.37. The minimum absolute atomic E-state index is 0.0141. The summed E-state index contributed by atoms with van der Waals surface area (Å²) in [6, 6.07) is 3.65. The van der Waals surface area contributed by atoms with E-state index in [0.717, 1.165) is 5.56 Å². The number of carbonyl (C=O) groups is 2. The molecule has 20 heavy (non-hydrogen) atoms. The molecular formula is C15H21N3O2. The van der Waals surface area contributed by atoms with E-state index in [-0.39, 0.29) is 23.1 Å². The van der Waals surface area contributed by atoms with Crippen LogP contribution in [0.1, 0.15) is 26.3 Å². The Hall–Kier alpha value is -1.91. The molecule has 2 atom stereocenters. The van der Waals surface area contributed by atoms with Gasteiger partial charge in [0.25, 0.3) is 0 Å². The molecule has 1 fully saturated rings. The predicted octanol–water partition coefficient (Wildman–Crippen LogP) is 1.74. The maximum Gasteiger partial charge on any atom is 0.238 e. The van der Waals surface area contributed by atoms with Crippen molar-refractivity contribution in [3.05, 3.63) is 23.9 Å². The minimum atomic E-state index is -0.655. The summed E-state index contributed by atoms with van der Waals surface area (Å²) in [6.45, 7) is 8.61. The number of aryl methyl sites for hydroxylation is 1. The minimum Gasteiger partial charge on any atom is -0.355 e. The van der Waals surface area contributed by atoms with Crippen LogP contribution >= 0.6 is 0 Å². The van der Waals surface area contributed by atoms with Crippen molar-refractivity contribution in [1.82, 2.24) is 10.3 Å². The summed E-state index contributed by atoms with van der Waals surface area (Å²) in [4.78, 5) is 28.4. The van der Waals surface area contributed by atoms with Gasteiger partial charge < -0.3 is 10.6 Å². The van der Waals surface area contributed by atoms with E-state index < -0.39 is 5.92 Å². The smallest absolute Gasteiger partial charge is 0.238 e. The van der Waals surface area contributed by atoms with Crippen LogP contribution in [0.2, 0.25) is 0 Å². The molecule has 2 N–H and O–H groups in total. The molecule has 5 heteroatoms. The number of hydrogen-bond acceptors (Lipinski definition) is 3. The van der Waals surface area contributed by atoms with Crippen molar-refractivity contribution in [3.63, 3.8) is 0 Å². The highest BCUT2D eigenvalue weighted by atomic mass is 16.2. The number of nitrogens with zero attached hydrogens (tertiary/aromatic N) is 1. The lowest BCUT2D eigenvalue weighted by molar-refractivity contribution is -0.132. The second kappa shape index (κ2) is 5.23. The maximum atomic E-state index is 12.4. The van der Waals surface area contributed by atoms with E-state index in [4.69, 9.17) is 0 Å². The van der Waals surface area contributed by atoms with Crippen LogP contribution in [0.3, 0.4) is 0 Å². The molecule has 0 unspecified atom stereocenters. The van der Waals surface area contributed by atoms with Crippen molar-refractivity contribution in [2.75, 3.05) is 11.9 Å². The molecule has 0 radical (unpaired) electrons. The van der Waals surface area contributed by atoms with E-state index in [1.54, 1.807) is 12.3 Å². The van der Waals surface area contributed by atoms with Crippen molar-refractivity contribution in [1.29, 1.82) is 0 Å². The van der Waals surface area contributed by atoms with Gasteiger partial charge >= 0.3 is 0 Å². The normalized spacial score (nSPS) is 22.5. The first-order valence-corrected chi connectivity index (χ1v) is 6.80. The molecule has 0 aliphatic carbocycles. The first-order valence-electron chi connectivity index (χ1n) is 6.80. The number of amides is 2. The average Bonchev–Trinajstić information content (AvgIpc) is 2.71. The first-order chi connectivity index (χ1) is 9.29. The van der Waals surface area contributed by atoms with Gasteiger partial charge in [-0.15, -0.1) is 0 Å². The lowest BCUT2D eigenvalue weighted by Gasteiger charge is -2.29. The topological polar surface area (TPSA) is 71.1 Å². The summed E-state index contributed by atoms with van der Waals surface area (Å²) >= 11 is 0. The SMILES string of the molecule is Cc1ccnc(NC(=O)[C@@H]2C(=O)NC[C@H]2C(C)(C)C)c1. The van der Waals surface area contributed by atoms with Gasteiger partial charge in [-0.1, -0.05) is 20.8 Å². The molecule has 2 amide bonds. The van der Waals surface area contributed by atoms with Crippen LogP contribution < -0.4 is 10.6 Å². The molecule has 2 heterocycles. The van der Waals surface area contributed by atoms with Crippen LogP contribution in [0.25, 0.3) is 0 Å². The van der Waals surface area contributed by atoms with E-state index in [9.17, 15) is 9.59 Å². The Labute approximate surface area is 119 Å². The van der Waals surface area contributed by atoms with Crippen molar-refractivity contribution in [2.45, 2.75) is 27.7 Å². The summed E-state index contributed by atoms with van der Waals surface area (Å²) < 4.78 is 0. The van der Waals surface area contributed by atoms with Gasteiger partial charge in [-0.25, -0.2) is 4.98 Å². The standard InChI is InChI=1S/C15H21N3O2/c1-9-5-6-16-11(7-9)18-14(20)12-10(15(2,3)4)8-17-13(12)19/h5-7,10,12H,8H2,1-4H3,(H,17,19)(H,16,18,20)/t10-,12+/m1/s1. The highest BCUT2D eigenvalue weighted by Crippen LogP contribution is 2.35. The van der Waals surface area contributed by atoms with E-state index in [1.807, 2.05) is 33.8 Å². The molecular weight excluding hydrogens is 254 g/mol. The number of hydrogen-bond donors (Lipinski definition) is 2. The predicted molar refractivity (Wildman–Crippen MR) is 77.0 cm³/mol. The Balaban J connectivity index is 2.17. The van der Waals surface area contributed by atoms with Gasteiger partial charge in [-0.2, -0.15) is 0 Å². The molecule has 0 saturated carbocycles. The Kier molecular flexibility index (Phi) is 3.79. The van der Waals surface area contributed by atoms with Crippen LogP contribution in [0.5, 0.6) is 0 Å². The highest BCUT2D eigenvalue weighted by molar-refractivity contribution is 6.07. The fraction of sp³-hybridized carbons (Fsp3) is 0.533. The van der Waals surface area contributed by atoms with E-state index >= 15 is 0 Å². The van der Waals surface area contributed by atoms with E-state index in [2.05, 4.69) is 15.6 Å². The molecule has 1 aromatic heterocycles. The van der Waals surface area contributed by atoms with Crippen LogP contribution in [-0.2, 0) is 9.59 Å². The van der Waals surface area contributed by atoms with Crippen molar-refractivity contribution in [2.24, 2.45) is 17.3 Å². The molecule has 108 valence electrons. The highest BCUT2D eigenvalue weighted by Gasteiger charge is 2.45. The van der Waals surface area contributed by atoms with Gasteiger partial charge in [-0.3, -0.25) is 9.59 Å². The van der Waals surface area contributed by atoms with Crippen LogP contribution in [0, 0.1) is 24.2 Å². The molecule has 1 aliphatic rings. The Morgan fingerprint density at radius 2 is 2.15 bits per heavy atom. The van der Waals surface area contributed by atoms with Gasteiger partial charge in [0.05, 0.1) is 0 Å². The number of carbonyl (C=O) groups excluding carboxylic acids is 2. The molecule has 1 aliphatic heterocycles. The average molecular weight is 275 g/mol. The summed E-state index contributed by atoms with van der Waals surface area (Å²) in [6.07, 6.45) is 1.64. The number of aromatic nitrogens is 1. The fourth-order valence-corrected chi connectivity index (χ4v) is 2.54. The molecule has 5 nitrogen and oxygen atoms in total. The van der Waals surface area contributed by atoms with Crippen molar-refractivity contribution >= 4 is 17.6 Å².